The number of anilines is 2. The van der Waals surface area contributed by atoms with E-state index in [1.807, 2.05) is 0 Å². The molecule has 0 saturated heterocycles. The van der Waals surface area contributed by atoms with Crippen LogP contribution in [0.4, 0.5) is 11.5 Å². The summed E-state index contributed by atoms with van der Waals surface area (Å²) in [5.74, 6) is 0.549. The molecule has 0 aliphatic carbocycles. The second-order valence-corrected chi connectivity index (χ2v) is 2.68. The Balaban J connectivity index is 2.72. The van der Waals surface area contributed by atoms with Crippen LogP contribution in [0.25, 0.3) is 0 Å². The summed E-state index contributed by atoms with van der Waals surface area (Å²) in [6.45, 7) is 0.475. The van der Waals surface area contributed by atoms with E-state index in [9.17, 15) is 0 Å². The van der Waals surface area contributed by atoms with Crippen molar-refractivity contribution in [2.75, 3.05) is 24.2 Å². The van der Waals surface area contributed by atoms with Crippen LogP contribution in [0.1, 0.15) is 0 Å². The van der Waals surface area contributed by atoms with Crippen LogP contribution in [0.2, 0.25) is 5.02 Å². The maximum absolute atomic E-state index is 8.52. The van der Waals surface area contributed by atoms with Crippen LogP contribution in [-0.4, -0.2) is 23.2 Å². The molecule has 1 rings (SSSR count). The summed E-state index contributed by atoms with van der Waals surface area (Å²) < 4.78 is 0. The Morgan fingerprint density at radius 1 is 1.67 bits per heavy atom. The average Bonchev–Trinajstić information content (AvgIpc) is 2.03. The molecule has 0 radical (unpaired) electrons. The molecule has 5 heteroatoms. The number of nitrogens with two attached hydrogens (primary N) is 1. The minimum Gasteiger partial charge on any atom is -0.396 e. The molecule has 12 heavy (non-hydrogen) atoms. The summed E-state index contributed by atoms with van der Waals surface area (Å²) in [7, 11) is 0. The van der Waals surface area contributed by atoms with Crippen LogP contribution in [0.3, 0.4) is 0 Å². The lowest BCUT2D eigenvalue weighted by Gasteiger charge is -2.05. The molecule has 4 N–H and O–H groups in total. The van der Waals surface area contributed by atoms with Gasteiger partial charge in [0, 0.05) is 12.7 Å². The smallest absolute Gasteiger partial charge is 0.149 e. The van der Waals surface area contributed by atoms with E-state index < -0.39 is 0 Å². The van der Waals surface area contributed by atoms with E-state index >= 15 is 0 Å². The van der Waals surface area contributed by atoms with Gasteiger partial charge in [0.25, 0.3) is 0 Å². The lowest BCUT2D eigenvalue weighted by atomic mass is 10.4. The maximum atomic E-state index is 8.52. The Bertz CT molecular complexity index is 267. The highest BCUT2D eigenvalue weighted by Crippen LogP contribution is 2.18. The van der Waals surface area contributed by atoms with Crippen molar-refractivity contribution in [2.24, 2.45) is 0 Å². The number of aliphatic hydroxyl groups excluding tert-OH is 1. The van der Waals surface area contributed by atoms with E-state index in [1.54, 1.807) is 6.07 Å². The summed E-state index contributed by atoms with van der Waals surface area (Å²) in [5.41, 5.74) is 6.05. The highest BCUT2D eigenvalue weighted by atomic mass is 35.5. The van der Waals surface area contributed by atoms with Gasteiger partial charge in [-0.05, 0) is 6.07 Å². The molecule has 1 aromatic heterocycles. The average molecular weight is 188 g/mol. The van der Waals surface area contributed by atoms with Crippen LogP contribution < -0.4 is 11.1 Å². The zero-order valence-electron chi connectivity index (χ0n) is 6.42. The maximum Gasteiger partial charge on any atom is 0.149 e. The molecule has 4 nitrogen and oxygen atoms in total. The van der Waals surface area contributed by atoms with Gasteiger partial charge in [-0.1, -0.05) is 11.6 Å². The van der Waals surface area contributed by atoms with Gasteiger partial charge in [-0.3, -0.25) is 0 Å². The Hall–Kier alpha value is -1.00. The van der Waals surface area contributed by atoms with Crippen molar-refractivity contribution in [3.05, 3.63) is 17.3 Å². The summed E-state index contributed by atoms with van der Waals surface area (Å²) in [6.07, 6.45) is 1.50. The number of aliphatic hydroxyl groups is 1. The summed E-state index contributed by atoms with van der Waals surface area (Å²) in [4.78, 5) is 3.94. The molecule has 0 fully saturated rings. The monoisotopic (exact) mass is 187 g/mol. The fourth-order valence-electron chi connectivity index (χ4n) is 0.777. The minimum absolute atomic E-state index is 0.0454. The second-order valence-electron chi connectivity index (χ2n) is 2.24. The number of rotatable bonds is 3. The number of aromatic nitrogens is 1. The lowest BCUT2D eigenvalue weighted by molar-refractivity contribution is 0.311. The minimum atomic E-state index is 0.0454. The van der Waals surface area contributed by atoms with Gasteiger partial charge in [0.05, 0.1) is 17.3 Å². The predicted molar refractivity (Wildman–Crippen MR) is 49.2 cm³/mol. The largest absolute Gasteiger partial charge is 0.396 e. The van der Waals surface area contributed by atoms with Gasteiger partial charge in [0.15, 0.2) is 0 Å². The van der Waals surface area contributed by atoms with Gasteiger partial charge >= 0.3 is 0 Å². The molecule has 1 aromatic rings. The molecule has 0 amide bonds. The number of nitrogens with one attached hydrogen (secondary N) is 1. The number of nitrogen functional groups attached to an aromatic ring is 1. The van der Waals surface area contributed by atoms with Crippen molar-refractivity contribution in [1.82, 2.24) is 4.98 Å². The first kappa shape index (κ1) is 9.09. The molecule has 0 unspecified atom stereocenters. The van der Waals surface area contributed by atoms with Crippen LogP contribution in [-0.2, 0) is 0 Å². The van der Waals surface area contributed by atoms with Crippen LogP contribution in [0.15, 0.2) is 12.3 Å². The van der Waals surface area contributed by atoms with Crippen molar-refractivity contribution in [1.29, 1.82) is 0 Å². The van der Waals surface area contributed by atoms with Gasteiger partial charge < -0.3 is 16.2 Å². The third-order valence-electron chi connectivity index (χ3n) is 1.29. The van der Waals surface area contributed by atoms with Gasteiger partial charge in [0.1, 0.15) is 5.82 Å². The van der Waals surface area contributed by atoms with Crippen molar-refractivity contribution in [3.63, 3.8) is 0 Å². The number of nitrogens with zero attached hydrogens (tertiary/aromatic N) is 1. The van der Waals surface area contributed by atoms with Crippen LogP contribution >= 0.6 is 11.6 Å². The fourth-order valence-corrected chi connectivity index (χ4v) is 0.943. The topological polar surface area (TPSA) is 71.2 Å². The van der Waals surface area contributed by atoms with Crippen molar-refractivity contribution in [2.45, 2.75) is 0 Å². The quantitative estimate of drug-likeness (QED) is 0.652. The van der Waals surface area contributed by atoms with Gasteiger partial charge in [-0.25, -0.2) is 4.98 Å². The van der Waals surface area contributed by atoms with E-state index in [0.29, 0.717) is 23.1 Å². The van der Waals surface area contributed by atoms with Crippen molar-refractivity contribution in [3.8, 4) is 0 Å². The molecule has 0 atom stereocenters. The zero-order valence-corrected chi connectivity index (χ0v) is 7.17. The molecular weight excluding hydrogens is 178 g/mol. The number of pyridine rings is 1. The fraction of sp³-hybridized carbons (Fsp3) is 0.286. The van der Waals surface area contributed by atoms with Crippen LogP contribution in [0.5, 0.6) is 0 Å². The Morgan fingerprint density at radius 2 is 2.42 bits per heavy atom. The molecular formula is C7H10ClN3O. The molecule has 0 aromatic carbocycles. The molecule has 1 heterocycles. The van der Waals surface area contributed by atoms with Crippen LogP contribution in [0, 0.1) is 0 Å². The highest BCUT2D eigenvalue weighted by Gasteiger charge is 1.99. The molecule has 0 aliphatic rings. The van der Waals surface area contributed by atoms with Gasteiger partial charge in [-0.15, -0.1) is 0 Å². The highest BCUT2D eigenvalue weighted by molar-refractivity contribution is 6.30. The third-order valence-corrected chi connectivity index (χ3v) is 1.49. The second kappa shape index (κ2) is 4.13. The number of hydrogen-bond acceptors (Lipinski definition) is 4. The SMILES string of the molecule is Nc1cc(Cl)cnc1NCCO. The Kier molecular flexibility index (Phi) is 3.13. The Morgan fingerprint density at radius 3 is 3.00 bits per heavy atom. The molecule has 66 valence electrons. The van der Waals surface area contributed by atoms with E-state index in [-0.39, 0.29) is 6.61 Å². The van der Waals surface area contributed by atoms with Gasteiger partial charge in [0.2, 0.25) is 0 Å². The van der Waals surface area contributed by atoms with Crippen molar-refractivity contribution >= 4 is 23.1 Å². The first-order valence-corrected chi connectivity index (χ1v) is 3.87. The van der Waals surface area contributed by atoms with Gasteiger partial charge in [-0.2, -0.15) is 0 Å². The van der Waals surface area contributed by atoms with Crippen molar-refractivity contribution < 1.29 is 5.11 Å². The third kappa shape index (κ3) is 2.25. The van der Waals surface area contributed by atoms with E-state index in [0.717, 1.165) is 0 Å². The summed E-state index contributed by atoms with van der Waals surface area (Å²) in [5, 5.41) is 11.9. The summed E-state index contributed by atoms with van der Waals surface area (Å²) >= 11 is 5.63. The Labute approximate surface area is 75.4 Å². The predicted octanol–water partition coefficient (Wildman–Crippen LogP) is 0.721. The standard InChI is InChI=1S/C7H10ClN3O/c8-5-3-6(9)7(11-4-5)10-1-2-12/h3-4,12H,1-2,9H2,(H,10,11). The normalized spacial score (nSPS) is 9.83. The molecule has 0 spiro atoms. The molecule has 0 saturated carbocycles. The first-order valence-electron chi connectivity index (χ1n) is 3.50. The van der Waals surface area contributed by atoms with E-state index in [2.05, 4.69) is 10.3 Å². The number of halogens is 1. The molecule has 0 bridgehead atoms. The lowest BCUT2D eigenvalue weighted by Crippen LogP contribution is -2.08. The van der Waals surface area contributed by atoms with E-state index in [1.165, 1.54) is 6.20 Å². The first-order chi connectivity index (χ1) is 5.74. The number of hydrogen-bond donors (Lipinski definition) is 3. The van der Waals surface area contributed by atoms with E-state index in [4.69, 9.17) is 22.4 Å². The summed E-state index contributed by atoms with van der Waals surface area (Å²) in [6, 6.07) is 1.61. The zero-order chi connectivity index (χ0) is 8.97. The molecule has 0 aliphatic heterocycles.